The molecule has 1 rings (SSSR count). The summed E-state index contributed by atoms with van der Waals surface area (Å²) in [5.41, 5.74) is 4.08. The quantitative estimate of drug-likeness (QED) is 0.778. The minimum Gasteiger partial charge on any atom is -0.385 e. The van der Waals surface area contributed by atoms with Crippen molar-refractivity contribution in [2.24, 2.45) is 0 Å². The number of anilines is 1. The van der Waals surface area contributed by atoms with Crippen LogP contribution in [0.1, 0.15) is 19.3 Å². The number of nitrogens with two attached hydrogens (primary N) is 1. The van der Waals surface area contributed by atoms with Crippen LogP contribution in [0.5, 0.6) is 0 Å². The molecule has 0 radical (unpaired) electrons. The summed E-state index contributed by atoms with van der Waals surface area (Å²) in [5, 5.41) is 0. The predicted molar refractivity (Wildman–Crippen MR) is 55.6 cm³/mol. The van der Waals surface area contributed by atoms with Gasteiger partial charge >= 0.3 is 11.9 Å². The van der Waals surface area contributed by atoms with Gasteiger partial charge in [-0.3, -0.25) is 14.3 Å². The van der Waals surface area contributed by atoms with Gasteiger partial charge in [0.2, 0.25) is 0 Å². The van der Waals surface area contributed by atoms with E-state index >= 15 is 0 Å². The Morgan fingerprint density at radius 3 is 2.47 bits per heavy atom. The molecule has 0 aliphatic rings. The maximum absolute atomic E-state index is 11.9. The third-order valence-electron chi connectivity index (χ3n) is 2.16. The Balaban J connectivity index is 2.59. The fourth-order valence-corrected chi connectivity index (χ4v) is 1.36. The van der Waals surface area contributed by atoms with Crippen molar-refractivity contribution in [3.63, 3.8) is 0 Å². The van der Waals surface area contributed by atoms with E-state index in [0.717, 1.165) is 10.6 Å². The van der Waals surface area contributed by atoms with Gasteiger partial charge in [-0.1, -0.05) is 0 Å². The number of rotatable bonds is 4. The summed E-state index contributed by atoms with van der Waals surface area (Å²) >= 11 is 0. The molecular weight excluding hydrogens is 239 g/mol. The molecule has 0 aliphatic heterocycles. The summed E-state index contributed by atoms with van der Waals surface area (Å²) < 4.78 is 36.6. The number of hydrogen-bond acceptors (Lipinski definition) is 3. The standard InChI is InChI=1S/C9H12F3N3O2/c10-9(11,12)3-1-2-4-15-6(13)5-7(16)14-8(15)17/h5H,1-4,13H2,(H,14,16,17). The summed E-state index contributed by atoms with van der Waals surface area (Å²) in [6.45, 7) is 0.0531. The summed E-state index contributed by atoms with van der Waals surface area (Å²) in [5.74, 6) is -0.0502. The third-order valence-corrected chi connectivity index (χ3v) is 2.16. The average Bonchev–Trinajstić information content (AvgIpc) is 2.13. The van der Waals surface area contributed by atoms with Gasteiger partial charge in [-0.15, -0.1) is 0 Å². The average molecular weight is 251 g/mol. The molecule has 5 nitrogen and oxygen atoms in total. The maximum atomic E-state index is 11.9. The van der Waals surface area contributed by atoms with E-state index in [1.165, 1.54) is 0 Å². The van der Waals surface area contributed by atoms with Gasteiger partial charge < -0.3 is 5.73 Å². The number of unbranched alkanes of at least 4 members (excludes halogenated alkanes) is 1. The Morgan fingerprint density at radius 2 is 1.94 bits per heavy atom. The van der Waals surface area contributed by atoms with E-state index in [9.17, 15) is 22.8 Å². The van der Waals surface area contributed by atoms with E-state index in [4.69, 9.17) is 5.73 Å². The lowest BCUT2D eigenvalue weighted by molar-refractivity contribution is -0.135. The van der Waals surface area contributed by atoms with Crippen molar-refractivity contribution in [3.05, 3.63) is 26.9 Å². The van der Waals surface area contributed by atoms with Crippen LogP contribution in [0, 0.1) is 0 Å². The Kier molecular flexibility index (Phi) is 3.97. The molecule has 0 saturated carbocycles. The van der Waals surface area contributed by atoms with Gasteiger partial charge in [-0.25, -0.2) is 4.79 Å². The van der Waals surface area contributed by atoms with Crippen molar-refractivity contribution >= 4 is 5.82 Å². The van der Waals surface area contributed by atoms with Crippen molar-refractivity contribution in [2.75, 3.05) is 5.73 Å². The monoisotopic (exact) mass is 251 g/mol. The highest BCUT2D eigenvalue weighted by molar-refractivity contribution is 5.25. The number of halogens is 3. The van der Waals surface area contributed by atoms with E-state index in [0.29, 0.717) is 0 Å². The highest BCUT2D eigenvalue weighted by Crippen LogP contribution is 2.22. The number of H-pyrrole nitrogens is 1. The van der Waals surface area contributed by atoms with E-state index < -0.39 is 23.8 Å². The number of nitrogen functional groups attached to an aromatic ring is 1. The molecule has 1 aromatic heterocycles. The number of nitrogens with one attached hydrogen (secondary N) is 1. The first-order valence-electron chi connectivity index (χ1n) is 4.96. The summed E-state index contributed by atoms with van der Waals surface area (Å²) in [7, 11) is 0. The first-order chi connectivity index (χ1) is 7.79. The van der Waals surface area contributed by atoms with Crippen molar-refractivity contribution in [1.82, 2.24) is 9.55 Å². The van der Waals surface area contributed by atoms with Gasteiger partial charge in [0.25, 0.3) is 5.56 Å². The van der Waals surface area contributed by atoms with E-state index in [2.05, 4.69) is 0 Å². The van der Waals surface area contributed by atoms with Crippen LogP contribution in [0.3, 0.4) is 0 Å². The van der Waals surface area contributed by atoms with Crippen LogP contribution >= 0.6 is 0 Å². The molecule has 0 spiro atoms. The lowest BCUT2D eigenvalue weighted by Gasteiger charge is -2.09. The normalized spacial score (nSPS) is 11.7. The summed E-state index contributed by atoms with van der Waals surface area (Å²) in [6, 6.07) is 1.02. The number of aromatic nitrogens is 2. The first-order valence-corrected chi connectivity index (χ1v) is 4.96. The zero-order valence-corrected chi connectivity index (χ0v) is 8.88. The molecule has 0 saturated heterocycles. The molecule has 0 bridgehead atoms. The SMILES string of the molecule is Nc1cc(=O)[nH]c(=O)n1CCCCC(F)(F)F. The van der Waals surface area contributed by atoms with Crippen LogP contribution in [0.2, 0.25) is 0 Å². The third kappa shape index (κ3) is 4.33. The van der Waals surface area contributed by atoms with Crippen LogP contribution < -0.4 is 17.0 Å². The maximum Gasteiger partial charge on any atom is 0.389 e. The Labute approximate surface area is 94.1 Å². The van der Waals surface area contributed by atoms with Crippen LogP contribution in [0.15, 0.2) is 15.7 Å². The summed E-state index contributed by atoms with van der Waals surface area (Å²) in [4.78, 5) is 24.1. The van der Waals surface area contributed by atoms with Gasteiger partial charge in [0.15, 0.2) is 0 Å². The number of hydrogen-bond donors (Lipinski definition) is 2. The number of aromatic amines is 1. The molecule has 0 atom stereocenters. The molecule has 8 heteroatoms. The molecule has 1 heterocycles. The zero-order valence-electron chi connectivity index (χ0n) is 8.88. The zero-order chi connectivity index (χ0) is 13.1. The second kappa shape index (κ2) is 5.07. The molecule has 1 aromatic rings. The lowest BCUT2D eigenvalue weighted by Crippen LogP contribution is -2.31. The molecular formula is C9H12F3N3O2. The highest BCUT2D eigenvalue weighted by atomic mass is 19.4. The topological polar surface area (TPSA) is 80.9 Å². The smallest absolute Gasteiger partial charge is 0.385 e. The number of alkyl halides is 3. The highest BCUT2D eigenvalue weighted by Gasteiger charge is 2.25. The molecule has 96 valence electrons. The van der Waals surface area contributed by atoms with Crippen molar-refractivity contribution in [1.29, 1.82) is 0 Å². The van der Waals surface area contributed by atoms with Gasteiger partial charge in [0, 0.05) is 19.0 Å². The largest absolute Gasteiger partial charge is 0.389 e. The Bertz CT molecular complexity index is 489. The van der Waals surface area contributed by atoms with Crippen molar-refractivity contribution in [2.45, 2.75) is 32.0 Å². The Morgan fingerprint density at radius 1 is 1.29 bits per heavy atom. The second-order valence-electron chi connectivity index (χ2n) is 3.59. The molecule has 0 unspecified atom stereocenters. The van der Waals surface area contributed by atoms with E-state index in [1.54, 1.807) is 0 Å². The predicted octanol–water partition coefficient (Wildman–Crippen LogP) is 0.851. The lowest BCUT2D eigenvalue weighted by atomic mass is 10.2. The fourth-order valence-electron chi connectivity index (χ4n) is 1.36. The minimum atomic E-state index is -4.19. The van der Waals surface area contributed by atoms with E-state index in [-0.39, 0.29) is 25.2 Å². The second-order valence-corrected chi connectivity index (χ2v) is 3.59. The van der Waals surface area contributed by atoms with Crippen LogP contribution in [-0.2, 0) is 6.54 Å². The molecule has 0 aromatic carbocycles. The number of nitrogens with zero attached hydrogens (tertiary/aromatic N) is 1. The molecule has 3 N–H and O–H groups in total. The molecule has 17 heavy (non-hydrogen) atoms. The van der Waals surface area contributed by atoms with E-state index in [1.807, 2.05) is 4.98 Å². The van der Waals surface area contributed by atoms with Crippen molar-refractivity contribution in [3.8, 4) is 0 Å². The Hall–Kier alpha value is -1.73. The first kappa shape index (κ1) is 13.3. The summed E-state index contributed by atoms with van der Waals surface area (Å²) in [6.07, 6.45) is -5.02. The fraction of sp³-hybridized carbons (Fsp3) is 0.556. The molecule has 0 aliphatic carbocycles. The minimum absolute atomic E-state index is 0.0502. The van der Waals surface area contributed by atoms with Crippen molar-refractivity contribution < 1.29 is 13.2 Å². The van der Waals surface area contributed by atoms with Gasteiger partial charge in [0.1, 0.15) is 5.82 Å². The van der Waals surface area contributed by atoms with Gasteiger partial charge in [-0.2, -0.15) is 13.2 Å². The van der Waals surface area contributed by atoms with Crippen LogP contribution in [0.4, 0.5) is 19.0 Å². The van der Waals surface area contributed by atoms with Gasteiger partial charge in [-0.05, 0) is 12.8 Å². The van der Waals surface area contributed by atoms with Gasteiger partial charge in [0.05, 0.1) is 0 Å². The molecule has 0 fully saturated rings. The molecule has 0 amide bonds. The van der Waals surface area contributed by atoms with Crippen LogP contribution in [-0.4, -0.2) is 15.7 Å². The van der Waals surface area contributed by atoms with Crippen LogP contribution in [0.25, 0.3) is 0 Å².